The number of carbonyl (C=O) groups is 1. The van der Waals surface area contributed by atoms with Crippen molar-refractivity contribution in [1.82, 2.24) is 4.98 Å². The lowest BCUT2D eigenvalue weighted by Crippen LogP contribution is -2.12. The van der Waals surface area contributed by atoms with Crippen molar-refractivity contribution >= 4 is 34.8 Å². The van der Waals surface area contributed by atoms with Gasteiger partial charge in [0.1, 0.15) is 0 Å². The van der Waals surface area contributed by atoms with Crippen molar-refractivity contribution in [3.05, 3.63) is 58.1 Å². The van der Waals surface area contributed by atoms with Gasteiger partial charge in [0.25, 0.3) is 5.91 Å². The fourth-order valence-electron chi connectivity index (χ4n) is 1.34. The molecule has 0 unspecified atom stereocenters. The highest BCUT2D eigenvalue weighted by Crippen LogP contribution is 2.20. The molecule has 2 rings (SSSR count). The van der Waals surface area contributed by atoms with E-state index in [0.29, 0.717) is 21.3 Å². The highest BCUT2D eigenvalue weighted by molar-refractivity contribution is 6.35. The first-order valence-corrected chi connectivity index (χ1v) is 5.69. The molecule has 0 aliphatic heterocycles. The second-order valence-corrected chi connectivity index (χ2v) is 4.35. The molecule has 1 heterocycles. The molecule has 1 aromatic carbocycles. The number of rotatable bonds is 2. The van der Waals surface area contributed by atoms with Crippen LogP contribution < -0.4 is 5.32 Å². The lowest BCUT2D eigenvalue weighted by atomic mass is 10.2. The average Bonchev–Trinajstić information content (AvgIpc) is 2.31. The first kappa shape index (κ1) is 12.8. The molecule has 3 nitrogen and oxygen atoms in total. The van der Waals surface area contributed by atoms with Crippen LogP contribution in [0.4, 0.5) is 10.1 Å². The summed E-state index contributed by atoms with van der Waals surface area (Å²) in [6.45, 7) is 0. The highest BCUT2D eigenvalue weighted by atomic mass is 35.5. The summed E-state index contributed by atoms with van der Waals surface area (Å²) in [5.74, 6) is -1.01. The Morgan fingerprint density at radius 3 is 2.39 bits per heavy atom. The minimum Gasteiger partial charge on any atom is -0.321 e. The molecular weight excluding hydrogens is 278 g/mol. The zero-order chi connectivity index (χ0) is 13.1. The van der Waals surface area contributed by atoms with Crippen LogP contribution in [0, 0.1) is 5.95 Å². The van der Waals surface area contributed by atoms with E-state index in [9.17, 15) is 9.18 Å². The molecule has 0 atom stereocenters. The van der Waals surface area contributed by atoms with Gasteiger partial charge in [0, 0.05) is 15.6 Å². The Labute approximate surface area is 113 Å². The number of hydrogen-bond acceptors (Lipinski definition) is 2. The summed E-state index contributed by atoms with van der Waals surface area (Å²) in [5.41, 5.74) is 0.703. The number of carbonyl (C=O) groups excluding carboxylic acids is 1. The third-order valence-electron chi connectivity index (χ3n) is 2.11. The number of hydrogen-bond donors (Lipinski definition) is 1. The van der Waals surface area contributed by atoms with Gasteiger partial charge < -0.3 is 5.32 Å². The van der Waals surface area contributed by atoms with Crippen LogP contribution in [-0.4, -0.2) is 10.9 Å². The summed E-state index contributed by atoms with van der Waals surface area (Å²) in [6.07, 6.45) is 1.22. The fraction of sp³-hybridized carbons (Fsp3) is 0. The van der Waals surface area contributed by atoms with Crippen LogP contribution in [0.3, 0.4) is 0 Å². The van der Waals surface area contributed by atoms with Crippen molar-refractivity contribution in [1.29, 1.82) is 0 Å². The number of aromatic nitrogens is 1. The zero-order valence-corrected chi connectivity index (χ0v) is 10.5. The van der Waals surface area contributed by atoms with Crippen LogP contribution in [0.1, 0.15) is 10.4 Å². The van der Waals surface area contributed by atoms with E-state index in [2.05, 4.69) is 10.3 Å². The van der Waals surface area contributed by atoms with E-state index in [1.54, 1.807) is 0 Å². The second kappa shape index (κ2) is 5.33. The Bertz CT molecular complexity index is 567. The molecule has 1 aromatic heterocycles. The topological polar surface area (TPSA) is 42.0 Å². The molecule has 0 aliphatic carbocycles. The van der Waals surface area contributed by atoms with Gasteiger partial charge in [0.05, 0.1) is 11.9 Å². The van der Waals surface area contributed by atoms with E-state index in [0.717, 1.165) is 6.07 Å². The number of benzene rings is 1. The van der Waals surface area contributed by atoms with Crippen LogP contribution in [0.2, 0.25) is 10.0 Å². The van der Waals surface area contributed by atoms with Crippen molar-refractivity contribution in [3.63, 3.8) is 0 Å². The largest absolute Gasteiger partial charge is 0.321 e. The summed E-state index contributed by atoms with van der Waals surface area (Å²) in [4.78, 5) is 15.3. The van der Waals surface area contributed by atoms with E-state index in [-0.39, 0.29) is 0 Å². The van der Waals surface area contributed by atoms with Crippen LogP contribution in [-0.2, 0) is 0 Å². The van der Waals surface area contributed by atoms with Gasteiger partial charge in [-0.25, -0.2) is 4.98 Å². The summed E-state index contributed by atoms with van der Waals surface area (Å²) in [6, 6.07) is 7.06. The Hall–Kier alpha value is -1.65. The zero-order valence-electron chi connectivity index (χ0n) is 8.95. The Morgan fingerprint density at radius 1 is 1.17 bits per heavy atom. The van der Waals surface area contributed by atoms with E-state index < -0.39 is 11.9 Å². The van der Waals surface area contributed by atoms with Gasteiger partial charge >= 0.3 is 0 Å². The van der Waals surface area contributed by atoms with Crippen LogP contribution >= 0.6 is 23.2 Å². The molecule has 1 N–H and O–H groups in total. The molecule has 6 heteroatoms. The number of amides is 1. The Balaban J connectivity index is 2.19. The lowest BCUT2D eigenvalue weighted by molar-refractivity contribution is 0.102. The molecule has 18 heavy (non-hydrogen) atoms. The van der Waals surface area contributed by atoms with E-state index >= 15 is 0 Å². The summed E-state index contributed by atoms with van der Waals surface area (Å²) in [5, 5.41) is 3.29. The molecule has 1 amide bonds. The van der Waals surface area contributed by atoms with Gasteiger partial charge in [-0.2, -0.15) is 4.39 Å². The quantitative estimate of drug-likeness (QED) is 0.853. The van der Waals surface area contributed by atoms with Crippen LogP contribution in [0.15, 0.2) is 36.5 Å². The standard InChI is InChI=1S/C12H7Cl2FN2O/c13-8-3-7(4-9(14)5-8)12(18)17-10-1-2-11(15)16-6-10/h1-6H,(H,17,18). The van der Waals surface area contributed by atoms with E-state index in [1.165, 1.54) is 30.5 Å². The van der Waals surface area contributed by atoms with Crippen molar-refractivity contribution in [3.8, 4) is 0 Å². The molecule has 92 valence electrons. The van der Waals surface area contributed by atoms with Crippen molar-refractivity contribution in [2.75, 3.05) is 5.32 Å². The summed E-state index contributed by atoms with van der Waals surface area (Å²) >= 11 is 11.6. The molecule has 0 saturated heterocycles. The molecule has 0 fully saturated rings. The van der Waals surface area contributed by atoms with Crippen molar-refractivity contribution in [2.24, 2.45) is 0 Å². The molecule has 0 saturated carbocycles. The van der Waals surface area contributed by atoms with Gasteiger partial charge in [0.15, 0.2) is 0 Å². The average molecular weight is 285 g/mol. The fourth-order valence-corrected chi connectivity index (χ4v) is 1.86. The van der Waals surface area contributed by atoms with Crippen LogP contribution in [0.25, 0.3) is 0 Å². The van der Waals surface area contributed by atoms with Crippen molar-refractivity contribution < 1.29 is 9.18 Å². The predicted molar refractivity (Wildman–Crippen MR) is 68.6 cm³/mol. The number of anilines is 1. The Kier molecular flexibility index (Phi) is 3.79. The van der Waals surface area contributed by atoms with E-state index in [4.69, 9.17) is 23.2 Å². The smallest absolute Gasteiger partial charge is 0.255 e. The molecule has 0 spiro atoms. The molecule has 0 bridgehead atoms. The highest BCUT2D eigenvalue weighted by Gasteiger charge is 2.08. The number of pyridine rings is 1. The Morgan fingerprint density at radius 2 is 1.83 bits per heavy atom. The molecule has 0 aliphatic rings. The number of nitrogens with zero attached hydrogens (tertiary/aromatic N) is 1. The maximum absolute atomic E-state index is 12.6. The van der Waals surface area contributed by atoms with Gasteiger partial charge in [-0.3, -0.25) is 4.79 Å². The monoisotopic (exact) mass is 284 g/mol. The maximum atomic E-state index is 12.6. The summed E-state index contributed by atoms with van der Waals surface area (Å²) in [7, 11) is 0. The van der Waals surface area contributed by atoms with E-state index in [1.807, 2.05) is 0 Å². The third-order valence-corrected chi connectivity index (χ3v) is 2.55. The SMILES string of the molecule is O=C(Nc1ccc(F)nc1)c1cc(Cl)cc(Cl)c1. The van der Waals surface area contributed by atoms with Gasteiger partial charge in [-0.1, -0.05) is 23.2 Å². The minimum absolute atomic E-state index is 0.317. The molecule has 0 radical (unpaired) electrons. The maximum Gasteiger partial charge on any atom is 0.255 e. The molecule has 2 aromatic rings. The van der Waals surface area contributed by atoms with Gasteiger partial charge in [-0.15, -0.1) is 0 Å². The second-order valence-electron chi connectivity index (χ2n) is 3.48. The van der Waals surface area contributed by atoms with Gasteiger partial charge in [-0.05, 0) is 30.3 Å². The molecular formula is C12H7Cl2FN2O. The van der Waals surface area contributed by atoms with Gasteiger partial charge in [0.2, 0.25) is 5.95 Å². The number of nitrogens with one attached hydrogen (secondary N) is 1. The first-order chi connectivity index (χ1) is 8.54. The lowest BCUT2D eigenvalue weighted by Gasteiger charge is -2.05. The van der Waals surface area contributed by atoms with Crippen molar-refractivity contribution in [2.45, 2.75) is 0 Å². The van der Waals surface area contributed by atoms with Crippen LogP contribution in [0.5, 0.6) is 0 Å². The predicted octanol–water partition coefficient (Wildman–Crippen LogP) is 3.78. The minimum atomic E-state index is -0.612. The third kappa shape index (κ3) is 3.18. The normalized spacial score (nSPS) is 10.2. The first-order valence-electron chi connectivity index (χ1n) is 4.93. The number of halogens is 3. The summed E-state index contributed by atoms with van der Waals surface area (Å²) < 4.78 is 12.6.